The monoisotopic (exact) mass is 414 g/mol. The summed E-state index contributed by atoms with van der Waals surface area (Å²) >= 11 is 5.85. The van der Waals surface area contributed by atoms with Gasteiger partial charge in [-0.3, -0.25) is 0 Å². The fourth-order valence-electron chi connectivity index (χ4n) is 2.69. The number of hydrogen-bond acceptors (Lipinski definition) is 3. The van der Waals surface area contributed by atoms with E-state index in [2.05, 4.69) is 9.71 Å². The van der Waals surface area contributed by atoms with Crippen molar-refractivity contribution in [2.45, 2.75) is 18.7 Å². The van der Waals surface area contributed by atoms with E-state index in [1.54, 1.807) is 50.2 Å². The normalized spacial score (nSPS) is 12.0. The first-order valence-electron chi connectivity index (χ1n) is 8.49. The molecule has 2 N–H and O–H groups in total. The largest absolute Gasteiger partial charge is 0.507 e. The molecule has 0 fully saturated rings. The van der Waals surface area contributed by atoms with E-state index in [0.29, 0.717) is 27.4 Å². The summed E-state index contributed by atoms with van der Waals surface area (Å²) in [7, 11) is -3.96. The van der Waals surface area contributed by atoms with Crippen molar-refractivity contribution in [1.29, 1.82) is 0 Å². The van der Waals surface area contributed by atoms with Gasteiger partial charge < -0.3 is 10.4 Å². The maximum absolute atomic E-state index is 12.8. The van der Waals surface area contributed by atoms with E-state index >= 15 is 0 Å². The number of anilines is 1. The number of amidine groups is 1. The Hall–Kier alpha value is -2.83. The highest BCUT2D eigenvalue weighted by atomic mass is 35.5. The SMILES string of the molecule is Cc1cc(N/C(=N/S(=O)(=O)c2ccc(Cl)cc2)c2ccccc2)cc(C)c1O. The molecular weight excluding hydrogens is 396 g/mol. The van der Waals surface area contributed by atoms with Crippen LogP contribution in [0.4, 0.5) is 5.69 Å². The lowest BCUT2D eigenvalue weighted by Gasteiger charge is -2.13. The van der Waals surface area contributed by atoms with Crippen molar-refractivity contribution in [3.05, 3.63) is 88.4 Å². The van der Waals surface area contributed by atoms with Gasteiger partial charge in [-0.2, -0.15) is 8.42 Å². The Bertz CT molecular complexity index is 1100. The van der Waals surface area contributed by atoms with Crippen LogP contribution >= 0.6 is 11.6 Å². The molecule has 0 aliphatic rings. The molecule has 7 heteroatoms. The number of halogens is 1. The Morgan fingerprint density at radius 1 is 0.964 bits per heavy atom. The Kier molecular flexibility index (Phi) is 5.72. The number of phenolic OH excluding ortho intramolecular Hbond substituents is 1. The Balaban J connectivity index is 2.07. The zero-order chi connectivity index (χ0) is 20.3. The molecule has 144 valence electrons. The summed E-state index contributed by atoms with van der Waals surface area (Å²) in [4.78, 5) is 0.0465. The molecule has 0 heterocycles. The third-order valence-corrected chi connectivity index (χ3v) is 5.67. The predicted octanol–water partition coefficient (Wildman–Crippen LogP) is 4.91. The van der Waals surface area contributed by atoms with Gasteiger partial charge in [0.25, 0.3) is 10.0 Å². The third kappa shape index (κ3) is 4.52. The first-order chi connectivity index (χ1) is 13.3. The van der Waals surface area contributed by atoms with Crippen LogP contribution in [0.3, 0.4) is 0 Å². The molecule has 3 rings (SSSR count). The summed E-state index contributed by atoms with van der Waals surface area (Å²) in [6.45, 7) is 3.55. The van der Waals surface area contributed by atoms with Gasteiger partial charge in [0.1, 0.15) is 5.75 Å². The van der Waals surface area contributed by atoms with Crippen molar-refractivity contribution in [3.63, 3.8) is 0 Å². The lowest BCUT2D eigenvalue weighted by atomic mass is 10.1. The Morgan fingerprint density at radius 3 is 2.11 bits per heavy atom. The van der Waals surface area contributed by atoms with E-state index in [1.807, 2.05) is 6.07 Å². The van der Waals surface area contributed by atoms with Crippen LogP contribution in [0.2, 0.25) is 5.02 Å². The molecule has 0 amide bonds. The summed E-state index contributed by atoms with van der Waals surface area (Å²) in [6.07, 6.45) is 0. The number of rotatable bonds is 4. The van der Waals surface area contributed by atoms with Gasteiger partial charge in [0, 0.05) is 16.3 Å². The van der Waals surface area contributed by atoms with Crippen molar-refractivity contribution in [1.82, 2.24) is 0 Å². The average Bonchev–Trinajstić information content (AvgIpc) is 2.66. The Labute approximate surface area is 169 Å². The maximum atomic E-state index is 12.8. The van der Waals surface area contributed by atoms with Crippen LogP contribution in [0.5, 0.6) is 5.75 Å². The minimum Gasteiger partial charge on any atom is -0.507 e. The lowest BCUT2D eigenvalue weighted by Crippen LogP contribution is -2.16. The van der Waals surface area contributed by atoms with Gasteiger partial charge in [-0.05, 0) is 61.4 Å². The number of aromatic hydroxyl groups is 1. The molecule has 0 aromatic heterocycles. The van der Waals surface area contributed by atoms with Gasteiger partial charge >= 0.3 is 0 Å². The third-order valence-electron chi connectivity index (χ3n) is 4.12. The smallest absolute Gasteiger partial charge is 0.284 e. The second-order valence-electron chi connectivity index (χ2n) is 6.32. The molecule has 0 radical (unpaired) electrons. The molecule has 0 saturated heterocycles. The zero-order valence-corrected chi connectivity index (χ0v) is 16.9. The molecule has 0 aliphatic carbocycles. The molecule has 0 bridgehead atoms. The molecule has 0 saturated carbocycles. The summed E-state index contributed by atoms with van der Waals surface area (Å²) in [5, 5.41) is 13.5. The van der Waals surface area contributed by atoms with Crippen molar-refractivity contribution in [2.75, 3.05) is 5.32 Å². The summed E-state index contributed by atoms with van der Waals surface area (Å²) in [5.41, 5.74) is 2.59. The molecule has 0 unspecified atom stereocenters. The van der Waals surface area contributed by atoms with E-state index in [-0.39, 0.29) is 16.5 Å². The highest BCUT2D eigenvalue weighted by Crippen LogP contribution is 2.26. The molecular formula is C21H19ClN2O3S. The summed E-state index contributed by atoms with van der Waals surface area (Å²) in [6, 6.07) is 18.3. The molecule has 3 aromatic rings. The second kappa shape index (κ2) is 8.04. The maximum Gasteiger partial charge on any atom is 0.284 e. The first kappa shape index (κ1) is 19.9. The van der Waals surface area contributed by atoms with Crippen molar-refractivity contribution >= 4 is 33.1 Å². The van der Waals surface area contributed by atoms with Gasteiger partial charge in [0.05, 0.1) is 4.90 Å². The van der Waals surface area contributed by atoms with Crippen LogP contribution in [0.1, 0.15) is 16.7 Å². The van der Waals surface area contributed by atoms with E-state index < -0.39 is 10.0 Å². The molecule has 0 aliphatic heterocycles. The second-order valence-corrected chi connectivity index (χ2v) is 8.36. The molecule has 5 nitrogen and oxygen atoms in total. The van der Waals surface area contributed by atoms with E-state index in [1.165, 1.54) is 24.3 Å². The highest BCUT2D eigenvalue weighted by Gasteiger charge is 2.16. The van der Waals surface area contributed by atoms with Crippen LogP contribution in [0.15, 0.2) is 76.0 Å². The standard InChI is InChI=1S/C21H19ClN2O3S/c1-14-12-18(13-15(2)20(14)25)23-21(16-6-4-3-5-7-16)24-28(26,27)19-10-8-17(22)9-11-19/h3-13,25H,1-2H3,(H,23,24). The molecule has 0 atom stereocenters. The van der Waals surface area contributed by atoms with Gasteiger partial charge in [-0.25, -0.2) is 0 Å². The van der Waals surface area contributed by atoms with Gasteiger partial charge in [0.2, 0.25) is 0 Å². The minimum atomic E-state index is -3.96. The van der Waals surface area contributed by atoms with Crippen LogP contribution in [0.25, 0.3) is 0 Å². The number of nitrogens with zero attached hydrogens (tertiary/aromatic N) is 1. The number of nitrogens with one attached hydrogen (secondary N) is 1. The number of hydrogen-bond donors (Lipinski definition) is 2. The van der Waals surface area contributed by atoms with Gasteiger partial charge in [0.15, 0.2) is 5.84 Å². The fraction of sp³-hybridized carbons (Fsp3) is 0.0952. The quantitative estimate of drug-likeness (QED) is 0.361. The molecule has 28 heavy (non-hydrogen) atoms. The van der Waals surface area contributed by atoms with Gasteiger partial charge in [-0.15, -0.1) is 4.40 Å². The highest BCUT2D eigenvalue weighted by molar-refractivity contribution is 7.90. The van der Waals surface area contributed by atoms with E-state index in [0.717, 1.165) is 0 Å². The van der Waals surface area contributed by atoms with Crippen LogP contribution in [-0.4, -0.2) is 19.4 Å². The molecule has 0 spiro atoms. The summed E-state index contributed by atoms with van der Waals surface area (Å²) < 4.78 is 29.6. The van der Waals surface area contributed by atoms with Crippen LogP contribution in [-0.2, 0) is 10.0 Å². The van der Waals surface area contributed by atoms with Crippen LogP contribution in [0, 0.1) is 13.8 Å². The number of benzene rings is 3. The van der Waals surface area contributed by atoms with Gasteiger partial charge in [-0.1, -0.05) is 41.9 Å². The topological polar surface area (TPSA) is 78.8 Å². The summed E-state index contributed by atoms with van der Waals surface area (Å²) in [5.74, 6) is 0.387. The predicted molar refractivity (Wildman–Crippen MR) is 113 cm³/mol. The zero-order valence-electron chi connectivity index (χ0n) is 15.3. The molecule has 3 aromatic carbocycles. The average molecular weight is 415 g/mol. The fourth-order valence-corrected chi connectivity index (χ4v) is 3.79. The number of phenols is 1. The number of sulfonamides is 1. The van der Waals surface area contributed by atoms with E-state index in [4.69, 9.17) is 11.6 Å². The number of aryl methyl sites for hydroxylation is 2. The van der Waals surface area contributed by atoms with Crippen molar-refractivity contribution in [2.24, 2.45) is 4.40 Å². The van der Waals surface area contributed by atoms with Crippen molar-refractivity contribution < 1.29 is 13.5 Å². The minimum absolute atomic E-state index is 0.0465. The first-order valence-corrected chi connectivity index (χ1v) is 10.3. The van der Waals surface area contributed by atoms with E-state index in [9.17, 15) is 13.5 Å². The van der Waals surface area contributed by atoms with Crippen LogP contribution < -0.4 is 5.32 Å². The Morgan fingerprint density at radius 2 is 1.54 bits per heavy atom. The van der Waals surface area contributed by atoms with Crippen molar-refractivity contribution in [3.8, 4) is 5.75 Å². The lowest BCUT2D eigenvalue weighted by molar-refractivity contribution is 0.467.